The van der Waals surface area contributed by atoms with E-state index in [9.17, 15) is 9.59 Å². The third-order valence-corrected chi connectivity index (χ3v) is 4.93. The number of ether oxygens (including phenoxy) is 1. The number of carboxylic acids is 1. The number of carbonyl (C=O) groups is 2. The first kappa shape index (κ1) is 16.0. The van der Waals surface area contributed by atoms with Crippen molar-refractivity contribution in [2.24, 2.45) is 0 Å². The third kappa shape index (κ3) is 3.63. The number of hydrogen-bond acceptors (Lipinski definition) is 4. The summed E-state index contributed by atoms with van der Waals surface area (Å²) in [5.41, 5.74) is 0.857. The highest BCUT2D eigenvalue weighted by Gasteiger charge is 2.39. The zero-order valence-corrected chi connectivity index (χ0v) is 13.3. The molecule has 21 heavy (non-hydrogen) atoms. The average Bonchev–Trinajstić information content (AvgIpc) is 2.82. The van der Waals surface area contributed by atoms with Gasteiger partial charge in [0.25, 0.3) is 5.91 Å². The number of aliphatic carboxylic acids is 1. The second-order valence-corrected chi connectivity index (χ2v) is 6.54. The molecule has 1 fully saturated rings. The maximum atomic E-state index is 12.2. The van der Waals surface area contributed by atoms with Crippen LogP contribution in [0.15, 0.2) is 18.2 Å². The minimum Gasteiger partial charge on any atom is -0.484 e. The van der Waals surface area contributed by atoms with Gasteiger partial charge in [-0.1, -0.05) is 11.6 Å². The molecule has 1 aromatic rings. The van der Waals surface area contributed by atoms with E-state index in [1.165, 1.54) is 16.7 Å². The Kier molecular flexibility index (Phi) is 5.00. The second kappa shape index (κ2) is 6.58. The molecule has 1 amide bonds. The predicted molar refractivity (Wildman–Crippen MR) is 81.9 cm³/mol. The summed E-state index contributed by atoms with van der Waals surface area (Å²) >= 11 is 7.37. The molecule has 1 aliphatic heterocycles. The molecule has 1 N–H and O–H groups in total. The van der Waals surface area contributed by atoms with Crippen LogP contribution in [0, 0.1) is 6.92 Å². The molecule has 2 rings (SSSR count). The van der Waals surface area contributed by atoms with E-state index in [0.29, 0.717) is 16.5 Å². The highest BCUT2D eigenvalue weighted by molar-refractivity contribution is 8.00. The van der Waals surface area contributed by atoms with Crippen LogP contribution in [0.2, 0.25) is 5.02 Å². The highest BCUT2D eigenvalue weighted by atomic mass is 35.5. The Morgan fingerprint density at radius 2 is 2.24 bits per heavy atom. The van der Waals surface area contributed by atoms with Crippen LogP contribution >= 0.6 is 23.4 Å². The van der Waals surface area contributed by atoms with Crippen LogP contribution in [0.25, 0.3) is 0 Å². The van der Waals surface area contributed by atoms with Crippen molar-refractivity contribution in [1.29, 1.82) is 0 Å². The normalized spacial score (nSPS) is 21.4. The zero-order valence-electron chi connectivity index (χ0n) is 11.7. The molecule has 1 aliphatic rings. The first-order valence-corrected chi connectivity index (χ1v) is 7.87. The Morgan fingerprint density at radius 1 is 1.52 bits per heavy atom. The summed E-state index contributed by atoms with van der Waals surface area (Å²) in [6.45, 7) is 3.48. The molecule has 0 radical (unpaired) electrons. The van der Waals surface area contributed by atoms with E-state index < -0.39 is 12.0 Å². The van der Waals surface area contributed by atoms with Crippen molar-refractivity contribution in [3.05, 3.63) is 28.8 Å². The summed E-state index contributed by atoms with van der Waals surface area (Å²) in [5, 5.41) is 9.61. The van der Waals surface area contributed by atoms with Crippen LogP contribution in [0.4, 0.5) is 0 Å². The van der Waals surface area contributed by atoms with Gasteiger partial charge in [0, 0.05) is 10.8 Å². The molecule has 0 aromatic heterocycles. The number of nitrogens with zero attached hydrogens (tertiary/aromatic N) is 1. The molecule has 5 nitrogen and oxygen atoms in total. The van der Waals surface area contributed by atoms with Gasteiger partial charge in [-0.2, -0.15) is 0 Å². The largest absolute Gasteiger partial charge is 0.484 e. The van der Waals surface area contributed by atoms with Crippen molar-refractivity contribution < 1.29 is 19.4 Å². The van der Waals surface area contributed by atoms with Gasteiger partial charge >= 0.3 is 5.97 Å². The van der Waals surface area contributed by atoms with Gasteiger partial charge in [-0.15, -0.1) is 11.8 Å². The smallest absolute Gasteiger partial charge is 0.327 e. The Balaban J connectivity index is 2.00. The standard InChI is InChI=1S/C14H16ClNO4S/c1-8-5-10(3-4-11(8)15)20-6-13(17)16-9(2)21-7-12(16)14(18)19/h3-5,9,12H,6-7H2,1-2H3,(H,18,19). The van der Waals surface area contributed by atoms with E-state index in [-0.39, 0.29) is 17.9 Å². The topological polar surface area (TPSA) is 66.8 Å². The first-order chi connectivity index (χ1) is 9.90. The molecule has 1 aromatic carbocycles. The minimum atomic E-state index is -0.984. The van der Waals surface area contributed by atoms with E-state index in [1.807, 2.05) is 13.8 Å². The van der Waals surface area contributed by atoms with Gasteiger partial charge in [0.15, 0.2) is 6.61 Å². The number of carbonyl (C=O) groups excluding carboxylic acids is 1. The average molecular weight is 330 g/mol. The lowest BCUT2D eigenvalue weighted by atomic mass is 10.2. The maximum absolute atomic E-state index is 12.2. The van der Waals surface area contributed by atoms with Gasteiger partial charge in [0.1, 0.15) is 11.8 Å². The molecular formula is C14H16ClNO4S. The number of carboxylic acid groups (broad SMARTS) is 1. The van der Waals surface area contributed by atoms with E-state index in [0.717, 1.165) is 5.56 Å². The predicted octanol–water partition coefficient (Wildman–Crippen LogP) is 2.40. The Bertz CT molecular complexity index is 566. The van der Waals surface area contributed by atoms with Crippen molar-refractivity contribution >= 4 is 35.2 Å². The molecule has 2 atom stereocenters. The van der Waals surface area contributed by atoms with Crippen LogP contribution in [0.1, 0.15) is 12.5 Å². The number of aryl methyl sites for hydroxylation is 1. The first-order valence-electron chi connectivity index (χ1n) is 6.44. The quantitative estimate of drug-likeness (QED) is 0.918. The number of hydrogen-bond donors (Lipinski definition) is 1. The number of halogens is 1. The van der Waals surface area contributed by atoms with Gasteiger partial charge in [0.2, 0.25) is 0 Å². The van der Waals surface area contributed by atoms with E-state index in [4.69, 9.17) is 21.4 Å². The number of rotatable bonds is 4. The lowest BCUT2D eigenvalue weighted by Crippen LogP contribution is -2.46. The number of benzene rings is 1. The molecule has 7 heteroatoms. The fraction of sp³-hybridized carbons (Fsp3) is 0.429. The summed E-state index contributed by atoms with van der Waals surface area (Å²) < 4.78 is 5.44. The molecule has 1 heterocycles. The molecule has 0 spiro atoms. The lowest BCUT2D eigenvalue weighted by Gasteiger charge is -2.24. The molecule has 1 saturated heterocycles. The van der Waals surface area contributed by atoms with Crippen LogP contribution in [-0.2, 0) is 9.59 Å². The molecule has 2 unspecified atom stereocenters. The SMILES string of the molecule is Cc1cc(OCC(=O)N2C(C)SCC2C(=O)O)ccc1Cl. The van der Waals surface area contributed by atoms with Crippen molar-refractivity contribution in [3.8, 4) is 5.75 Å². The van der Waals surface area contributed by atoms with Crippen molar-refractivity contribution in [2.75, 3.05) is 12.4 Å². The zero-order chi connectivity index (χ0) is 15.6. The van der Waals surface area contributed by atoms with Crippen LogP contribution in [-0.4, -0.2) is 45.7 Å². The summed E-state index contributed by atoms with van der Waals surface area (Å²) in [4.78, 5) is 24.7. The number of amides is 1. The molecule has 0 aliphatic carbocycles. The Morgan fingerprint density at radius 3 is 2.86 bits per heavy atom. The van der Waals surface area contributed by atoms with Crippen molar-refractivity contribution in [1.82, 2.24) is 4.90 Å². The molecule has 114 valence electrons. The van der Waals surface area contributed by atoms with Crippen LogP contribution < -0.4 is 4.74 Å². The summed E-state index contributed by atoms with van der Waals surface area (Å²) in [7, 11) is 0. The van der Waals surface area contributed by atoms with Gasteiger partial charge in [-0.25, -0.2) is 4.79 Å². The molecular weight excluding hydrogens is 314 g/mol. The van der Waals surface area contributed by atoms with Crippen LogP contribution in [0.3, 0.4) is 0 Å². The maximum Gasteiger partial charge on any atom is 0.327 e. The Labute approximate surface area is 132 Å². The van der Waals surface area contributed by atoms with Gasteiger partial charge < -0.3 is 14.7 Å². The van der Waals surface area contributed by atoms with E-state index in [2.05, 4.69) is 0 Å². The summed E-state index contributed by atoms with van der Waals surface area (Å²) in [6, 6.07) is 4.34. The van der Waals surface area contributed by atoms with Gasteiger partial charge in [-0.3, -0.25) is 4.79 Å². The molecule has 0 bridgehead atoms. The monoisotopic (exact) mass is 329 g/mol. The van der Waals surface area contributed by atoms with Gasteiger partial charge in [0.05, 0.1) is 5.37 Å². The minimum absolute atomic E-state index is 0.158. The van der Waals surface area contributed by atoms with E-state index >= 15 is 0 Å². The van der Waals surface area contributed by atoms with Crippen molar-refractivity contribution in [2.45, 2.75) is 25.3 Å². The third-order valence-electron chi connectivity index (χ3n) is 3.29. The summed E-state index contributed by atoms with van der Waals surface area (Å²) in [5.74, 6) is -0.367. The fourth-order valence-corrected chi connectivity index (χ4v) is 3.44. The fourth-order valence-electron chi connectivity index (χ4n) is 2.14. The summed E-state index contributed by atoms with van der Waals surface area (Å²) in [6.07, 6.45) is 0. The number of thioether (sulfide) groups is 1. The van der Waals surface area contributed by atoms with E-state index in [1.54, 1.807) is 18.2 Å². The highest BCUT2D eigenvalue weighted by Crippen LogP contribution is 2.29. The lowest BCUT2D eigenvalue weighted by molar-refractivity contribution is -0.149. The van der Waals surface area contributed by atoms with Crippen LogP contribution in [0.5, 0.6) is 5.75 Å². The van der Waals surface area contributed by atoms with Crippen molar-refractivity contribution in [3.63, 3.8) is 0 Å². The molecule has 0 saturated carbocycles. The van der Waals surface area contributed by atoms with Gasteiger partial charge in [-0.05, 0) is 37.6 Å². The second-order valence-electron chi connectivity index (χ2n) is 4.79. The Hall–Kier alpha value is -1.40.